The van der Waals surface area contributed by atoms with Crippen molar-refractivity contribution in [3.63, 3.8) is 0 Å². The number of thioether (sulfide) groups is 1. The van der Waals surface area contributed by atoms with Gasteiger partial charge >= 0.3 is 0 Å². The number of allylic oxidation sites excluding steroid dienone is 1. The molecule has 0 spiro atoms. The Balaban J connectivity index is 1.51. The topological polar surface area (TPSA) is 46.2 Å². The fourth-order valence-corrected chi connectivity index (χ4v) is 8.14. The predicted molar refractivity (Wildman–Crippen MR) is 116 cm³/mol. The van der Waals surface area contributed by atoms with Gasteiger partial charge in [-0.15, -0.1) is 0 Å². The molecule has 0 aromatic carbocycles. The van der Waals surface area contributed by atoms with Gasteiger partial charge in [0.05, 0.1) is 0 Å². The van der Waals surface area contributed by atoms with Crippen molar-refractivity contribution in [3.8, 4) is 0 Å². The van der Waals surface area contributed by atoms with E-state index in [9.17, 15) is 9.59 Å². The van der Waals surface area contributed by atoms with Crippen LogP contribution in [0.2, 0.25) is 0 Å². The fraction of sp³-hybridized carbons (Fsp3) is 0.833. The molecule has 3 nitrogen and oxygen atoms in total. The summed E-state index contributed by atoms with van der Waals surface area (Å²) >= 11 is 1.57. The number of carbonyl (C=O) groups is 2. The van der Waals surface area contributed by atoms with Gasteiger partial charge in [0.1, 0.15) is 0 Å². The molecule has 3 fully saturated rings. The first-order valence-electron chi connectivity index (χ1n) is 11.2. The third-order valence-electron chi connectivity index (χ3n) is 8.46. The van der Waals surface area contributed by atoms with Crippen molar-refractivity contribution in [1.82, 2.24) is 5.32 Å². The summed E-state index contributed by atoms with van der Waals surface area (Å²) in [6.45, 7) is 12.1. The van der Waals surface area contributed by atoms with Gasteiger partial charge in [0.15, 0.2) is 0 Å². The van der Waals surface area contributed by atoms with Crippen molar-refractivity contribution in [3.05, 3.63) is 12.2 Å². The smallest absolute Gasteiger partial charge is 0.223 e. The molecule has 28 heavy (non-hydrogen) atoms. The Morgan fingerprint density at radius 3 is 2.68 bits per heavy atom. The molecule has 4 aliphatic rings. The summed E-state index contributed by atoms with van der Waals surface area (Å²) in [7, 11) is 0. The second kappa shape index (κ2) is 6.89. The zero-order chi connectivity index (χ0) is 20.3. The highest BCUT2D eigenvalue weighted by molar-refractivity contribution is 8.14. The molecule has 3 aliphatic carbocycles. The average Bonchev–Trinajstić information content (AvgIpc) is 2.97. The highest BCUT2D eigenvalue weighted by atomic mass is 32.2. The predicted octanol–water partition coefficient (Wildman–Crippen LogP) is 5.21. The lowest BCUT2D eigenvalue weighted by atomic mass is 9.50. The molecule has 1 aliphatic heterocycles. The zero-order valence-electron chi connectivity index (χ0n) is 18.2. The molecule has 0 aromatic rings. The summed E-state index contributed by atoms with van der Waals surface area (Å²) < 4.78 is 0. The summed E-state index contributed by atoms with van der Waals surface area (Å²) in [6.07, 6.45) is 11.1. The summed E-state index contributed by atoms with van der Waals surface area (Å²) in [4.78, 5) is 24.8. The maximum atomic E-state index is 12.9. The molecular weight excluding hydrogens is 366 g/mol. The van der Waals surface area contributed by atoms with E-state index < -0.39 is 0 Å². The van der Waals surface area contributed by atoms with Gasteiger partial charge in [-0.2, -0.15) is 0 Å². The van der Waals surface area contributed by atoms with Crippen molar-refractivity contribution in [2.24, 2.45) is 39.9 Å². The van der Waals surface area contributed by atoms with Crippen LogP contribution in [0.3, 0.4) is 0 Å². The first-order valence-corrected chi connectivity index (χ1v) is 12.1. The van der Waals surface area contributed by atoms with Gasteiger partial charge in [-0.25, -0.2) is 0 Å². The minimum Gasteiger partial charge on any atom is -0.355 e. The Hall–Kier alpha value is -0.770. The number of hydrogen-bond donors (Lipinski definition) is 1. The molecule has 2 unspecified atom stereocenters. The summed E-state index contributed by atoms with van der Waals surface area (Å²) in [5, 5.41) is 3.91. The van der Waals surface area contributed by atoms with Crippen molar-refractivity contribution in [1.29, 1.82) is 0 Å². The second-order valence-corrected chi connectivity index (χ2v) is 12.9. The van der Waals surface area contributed by atoms with Gasteiger partial charge in [-0.1, -0.05) is 52.5 Å². The van der Waals surface area contributed by atoms with Crippen LogP contribution in [-0.2, 0) is 9.59 Å². The SMILES string of the molecule is CC(C)(C)CNC(=O)C1C[C@H]2[C@@H]3CCC4SC(=O)C=C[C@]4(C)[C@@H]3CC[C@]2(C)C1. The minimum atomic E-state index is 0.130. The Bertz CT molecular complexity index is 695. The number of rotatable bonds is 2. The molecule has 4 rings (SSSR count). The van der Waals surface area contributed by atoms with Crippen LogP contribution >= 0.6 is 11.8 Å². The van der Waals surface area contributed by atoms with Gasteiger partial charge in [-0.3, -0.25) is 9.59 Å². The van der Waals surface area contributed by atoms with Crippen molar-refractivity contribution >= 4 is 22.8 Å². The molecule has 0 radical (unpaired) electrons. The normalized spacial score (nSPS) is 45.2. The molecule has 156 valence electrons. The summed E-state index contributed by atoms with van der Waals surface area (Å²) in [6, 6.07) is 0. The number of hydrogen-bond acceptors (Lipinski definition) is 3. The number of carbonyl (C=O) groups excluding carboxylic acids is 2. The number of nitrogens with one attached hydrogen (secondary N) is 1. The molecular formula is C24H37NO2S. The van der Waals surface area contributed by atoms with E-state index in [1.54, 1.807) is 11.8 Å². The van der Waals surface area contributed by atoms with Crippen LogP contribution in [0.1, 0.15) is 73.1 Å². The van der Waals surface area contributed by atoms with Crippen LogP contribution in [0, 0.1) is 39.9 Å². The Morgan fingerprint density at radius 1 is 1.21 bits per heavy atom. The average molecular weight is 404 g/mol. The van der Waals surface area contributed by atoms with E-state index in [0.29, 0.717) is 28.4 Å². The third kappa shape index (κ3) is 3.48. The zero-order valence-corrected chi connectivity index (χ0v) is 19.0. The van der Waals surface area contributed by atoms with Crippen LogP contribution < -0.4 is 5.32 Å². The molecule has 1 heterocycles. The molecule has 0 bridgehead atoms. The molecule has 4 heteroatoms. The van der Waals surface area contributed by atoms with E-state index in [1.807, 2.05) is 6.08 Å². The first-order chi connectivity index (χ1) is 13.0. The van der Waals surface area contributed by atoms with Crippen molar-refractivity contribution in [2.45, 2.75) is 78.4 Å². The van der Waals surface area contributed by atoms with E-state index in [2.05, 4.69) is 46.0 Å². The minimum absolute atomic E-state index is 0.130. The molecule has 1 amide bonds. The Morgan fingerprint density at radius 2 is 1.96 bits per heavy atom. The molecule has 7 atom stereocenters. The van der Waals surface area contributed by atoms with Gasteiger partial charge in [-0.05, 0) is 73.2 Å². The van der Waals surface area contributed by atoms with Crippen LogP contribution in [0.15, 0.2) is 12.2 Å². The lowest BCUT2D eigenvalue weighted by molar-refractivity contribution is -0.125. The summed E-state index contributed by atoms with van der Waals surface area (Å²) in [5.41, 5.74) is 0.594. The molecule has 3 saturated carbocycles. The molecule has 0 saturated heterocycles. The van der Waals surface area contributed by atoms with Gasteiger partial charge < -0.3 is 5.32 Å². The quantitative estimate of drug-likeness (QED) is 0.689. The lowest BCUT2D eigenvalue weighted by Gasteiger charge is -2.57. The highest BCUT2D eigenvalue weighted by Gasteiger charge is 2.59. The van der Waals surface area contributed by atoms with Gasteiger partial charge in [0, 0.05) is 23.1 Å². The first kappa shape index (κ1) is 20.5. The van der Waals surface area contributed by atoms with Crippen molar-refractivity contribution < 1.29 is 9.59 Å². The molecule has 1 N–H and O–H groups in total. The van der Waals surface area contributed by atoms with Crippen LogP contribution in [0.5, 0.6) is 0 Å². The van der Waals surface area contributed by atoms with E-state index in [1.165, 1.54) is 19.3 Å². The standard InChI is InChI=1S/C24H37NO2S/c1-22(2,3)14-25-21(27)15-12-18-16-6-7-19-24(5,11-9-20(26)28-19)17(16)8-10-23(18,4)13-15/h9,11,15-19H,6-8,10,12-14H2,1-5H3,(H,25,27)/t15?,16-,17-,18+,19?,23-,24-/m1/s1. The molecule has 0 aromatic heterocycles. The van der Waals surface area contributed by atoms with Crippen LogP contribution in [-0.4, -0.2) is 22.8 Å². The van der Waals surface area contributed by atoms with E-state index in [0.717, 1.165) is 25.8 Å². The Labute approximate surface area is 174 Å². The lowest BCUT2D eigenvalue weighted by Crippen LogP contribution is -2.52. The maximum absolute atomic E-state index is 12.9. The Kier molecular flexibility index (Phi) is 5.04. The monoisotopic (exact) mass is 403 g/mol. The third-order valence-corrected chi connectivity index (χ3v) is 9.86. The summed E-state index contributed by atoms with van der Waals surface area (Å²) in [5.74, 6) is 2.49. The number of fused-ring (bicyclic) bond motifs is 5. The second-order valence-electron chi connectivity index (χ2n) is 11.7. The fourth-order valence-electron chi connectivity index (χ4n) is 6.96. The van der Waals surface area contributed by atoms with E-state index >= 15 is 0 Å². The van der Waals surface area contributed by atoms with E-state index in [4.69, 9.17) is 0 Å². The highest BCUT2D eigenvalue weighted by Crippen LogP contribution is 2.65. The maximum Gasteiger partial charge on any atom is 0.223 e. The van der Waals surface area contributed by atoms with Gasteiger partial charge in [0.25, 0.3) is 0 Å². The van der Waals surface area contributed by atoms with E-state index in [-0.39, 0.29) is 27.8 Å². The van der Waals surface area contributed by atoms with Crippen LogP contribution in [0.25, 0.3) is 0 Å². The van der Waals surface area contributed by atoms with Gasteiger partial charge in [0.2, 0.25) is 11.0 Å². The number of amides is 1. The van der Waals surface area contributed by atoms with Crippen molar-refractivity contribution in [2.75, 3.05) is 6.54 Å². The largest absolute Gasteiger partial charge is 0.355 e. The van der Waals surface area contributed by atoms with Crippen LogP contribution in [0.4, 0.5) is 0 Å².